The number of hydrogen-bond acceptors (Lipinski definition) is 3. The average Bonchev–Trinajstić information content (AvgIpc) is 2.62. The zero-order chi connectivity index (χ0) is 18.4. The number of nitrogens with one attached hydrogen (secondary N) is 1. The van der Waals surface area contributed by atoms with Gasteiger partial charge in [-0.1, -0.05) is 50.2 Å². The van der Waals surface area contributed by atoms with Gasteiger partial charge in [0.15, 0.2) is 0 Å². The van der Waals surface area contributed by atoms with E-state index in [1.807, 2.05) is 39.0 Å². The summed E-state index contributed by atoms with van der Waals surface area (Å²) in [6.07, 6.45) is 0. The van der Waals surface area contributed by atoms with Gasteiger partial charge in [0, 0.05) is 13.1 Å². The fraction of sp³-hybridized carbons (Fsp3) is 0.400. The lowest BCUT2D eigenvalue weighted by Crippen LogP contribution is -2.47. The van der Waals surface area contributed by atoms with Crippen LogP contribution in [0.2, 0.25) is 0 Å². The molecule has 2 rings (SSSR count). The van der Waals surface area contributed by atoms with Crippen molar-refractivity contribution in [2.24, 2.45) is 11.7 Å². The van der Waals surface area contributed by atoms with Crippen LogP contribution < -0.4 is 11.1 Å². The molecular formula is C20H27N3O2. The molecule has 0 aliphatic carbocycles. The fourth-order valence-corrected chi connectivity index (χ4v) is 2.63. The topological polar surface area (TPSA) is 75.4 Å². The van der Waals surface area contributed by atoms with Crippen molar-refractivity contribution < 1.29 is 9.59 Å². The van der Waals surface area contributed by atoms with Crippen LogP contribution in [0.15, 0.2) is 42.5 Å². The minimum atomic E-state index is -0.594. The second kappa shape index (κ2) is 8.62. The largest absolute Gasteiger partial charge is 0.346 e. The Morgan fingerprint density at radius 1 is 1.12 bits per heavy atom. The van der Waals surface area contributed by atoms with Crippen LogP contribution in [0.25, 0.3) is 10.8 Å². The first-order chi connectivity index (χ1) is 11.9. The number of rotatable bonds is 7. The van der Waals surface area contributed by atoms with Crippen molar-refractivity contribution >= 4 is 22.6 Å². The van der Waals surface area contributed by atoms with E-state index < -0.39 is 6.04 Å². The highest BCUT2D eigenvalue weighted by Crippen LogP contribution is 2.16. The Hall–Kier alpha value is -2.40. The molecule has 0 saturated heterocycles. The lowest BCUT2D eigenvalue weighted by atomic mass is 10.1. The van der Waals surface area contributed by atoms with Crippen LogP contribution in [0.3, 0.4) is 0 Å². The SMILES string of the molecule is CCN(Cc1ccc2ccccc2c1)C(=O)CNC(=O)[C@@H](N)C(C)C. The molecule has 5 nitrogen and oxygen atoms in total. The number of fused-ring (bicyclic) bond motifs is 1. The van der Waals surface area contributed by atoms with E-state index in [2.05, 4.69) is 29.6 Å². The van der Waals surface area contributed by atoms with Crippen molar-refractivity contribution in [2.45, 2.75) is 33.4 Å². The third-order valence-electron chi connectivity index (χ3n) is 4.36. The molecule has 2 amide bonds. The fourth-order valence-electron chi connectivity index (χ4n) is 2.63. The predicted octanol–water partition coefficient (Wildman–Crippen LogP) is 2.29. The summed E-state index contributed by atoms with van der Waals surface area (Å²) < 4.78 is 0. The van der Waals surface area contributed by atoms with Gasteiger partial charge in [-0.25, -0.2) is 0 Å². The molecule has 134 valence electrons. The number of likely N-dealkylation sites (N-methyl/N-ethyl adjacent to an activating group) is 1. The van der Waals surface area contributed by atoms with Gasteiger partial charge < -0.3 is 16.0 Å². The summed E-state index contributed by atoms with van der Waals surface area (Å²) in [5, 5.41) is 4.97. The Morgan fingerprint density at radius 3 is 2.44 bits per heavy atom. The number of carbonyl (C=O) groups excluding carboxylic acids is 2. The molecule has 0 radical (unpaired) electrons. The van der Waals surface area contributed by atoms with Gasteiger partial charge in [-0.2, -0.15) is 0 Å². The summed E-state index contributed by atoms with van der Waals surface area (Å²) >= 11 is 0. The maximum Gasteiger partial charge on any atom is 0.242 e. The van der Waals surface area contributed by atoms with E-state index >= 15 is 0 Å². The zero-order valence-corrected chi connectivity index (χ0v) is 15.2. The van der Waals surface area contributed by atoms with Gasteiger partial charge in [0.05, 0.1) is 12.6 Å². The van der Waals surface area contributed by atoms with E-state index in [9.17, 15) is 9.59 Å². The van der Waals surface area contributed by atoms with Crippen molar-refractivity contribution in [1.82, 2.24) is 10.2 Å². The maximum atomic E-state index is 12.4. The van der Waals surface area contributed by atoms with Crippen LogP contribution in [0.1, 0.15) is 26.3 Å². The molecule has 25 heavy (non-hydrogen) atoms. The third kappa shape index (κ3) is 5.03. The average molecular weight is 341 g/mol. The monoisotopic (exact) mass is 341 g/mol. The van der Waals surface area contributed by atoms with Gasteiger partial charge >= 0.3 is 0 Å². The first-order valence-corrected chi connectivity index (χ1v) is 8.71. The van der Waals surface area contributed by atoms with E-state index in [4.69, 9.17) is 5.73 Å². The number of benzene rings is 2. The molecule has 3 N–H and O–H groups in total. The maximum absolute atomic E-state index is 12.4. The molecule has 0 aliphatic rings. The van der Waals surface area contributed by atoms with Gasteiger partial charge in [-0.05, 0) is 35.2 Å². The number of nitrogens with zero attached hydrogens (tertiary/aromatic N) is 1. The molecule has 5 heteroatoms. The summed E-state index contributed by atoms with van der Waals surface area (Å²) in [6.45, 7) is 6.76. The molecule has 0 aliphatic heterocycles. The first kappa shape index (κ1) is 18.9. The highest BCUT2D eigenvalue weighted by Gasteiger charge is 2.19. The highest BCUT2D eigenvalue weighted by atomic mass is 16.2. The number of hydrogen-bond donors (Lipinski definition) is 2. The molecule has 0 spiro atoms. The molecule has 0 heterocycles. The quantitative estimate of drug-likeness (QED) is 0.811. The summed E-state index contributed by atoms with van der Waals surface area (Å²) in [5.74, 6) is -0.361. The standard InChI is InChI=1S/C20H27N3O2/c1-4-23(18(24)12-22-20(25)19(21)14(2)3)13-15-9-10-16-7-5-6-8-17(16)11-15/h5-11,14,19H,4,12-13,21H2,1-3H3,(H,22,25)/t19-/m0/s1. The molecule has 1 atom stereocenters. The van der Waals surface area contributed by atoms with Gasteiger partial charge in [0.2, 0.25) is 11.8 Å². The smallest absolute Gasteiger partial charge is 0.242 e. The molecule has 0 unspecified atom stereocenters. The van der Waals surface area contributed by atoms with Gasteiger partial charge in [-0.3, -0.25) is 9.59 Å². The number of amides is 2. The van der Waals surface area contributed by atoms with Crippen LogP contribution in [0.5, 0.6) is 0 Å². The van der Waals surface area contributed by atoms with Crippen LogP contribution in [0.4, 0.5) is 0 Å². The lowest BCUT2D eigenvalue weighted by molar-refractivity contribution is -0.133. The second-order valence-corrected chi connectivity index (χ2v) is 6.58. The van der Waals surface area contributed by atoms with E-state index in [0.717, 1.165) is 10.9 Å². The van der Waals surface area contributed by atoms with Crippen molar-refractivity contribution in [3.8, 4) is 0 Å². The Morgan fingerprint density at radius 2 is 1.80 bits per heavy atom. The minimum absolute atomic E-state index is 0.0271. The van der Waals surface area contributed by atoms with E-state index in [0.29, 0.717) is 13.1 Å². The van der Waals surface area contributed by atoms with Crippen molar-refractivity contribution in [3.63, 3.8) is 0 Å². The van der Waals surface area contributed by atoms with Crippen LogP contribution >= 0.6 is 0 Å². The summed E-state index contributed by atoms with van der Waals surface area (Å²) in [7, 11) is 0. The van der Waals surface area contributed by atoms with Gasteiger partial charge in [0.1, 0.15) is 0 Å². The van der Waals surface area contributed by atoms with Gasteiger partial charge in [0.25, 0.3) is 0 Å². The molecular weight excluding hydrogens is 314 g/mol. The predicted molar refractivity (Wildman–Crippen MR) is 101 cm³/mol. The van der Waals surface area contributed by atoms with E-state index in [-0.39, 0.29) is 24.3 Å². The highest BCUT2D eigenvalue weighted by molar-refractivity contribution is 5.87. The molecule has 0 fully saturated rings. The normalized spacial score (nSPS) is 12.2. The van der Waals surface area contributed by atoms with Crippen LogP contribution in [0, 0.1) is 5.92 Å². The van der Waals surface area contributed by atoms with E-state index in [1.54, 1.807) is 4.90 Å². The lowest BCUT2D eigenvalue weighted by Gasteiger charge is -2.22. The Balaban J connectivity index is 1.98. The Bertz CT molecular complexity index is 743. The second-order valence-electron chi connectivity index (χ2n) is 6.58. The van der Waals surface area contributed by atoms with Gasteiger partial charge in [-0.15, -0.1) is 0 Å². The van der Waals surface area contributed by atoms with Crippen molar-refractivity contribution in [1.29, 1.82) is 0 Å². The van der Waals surface area contributed by atoms with Crippen molar-refractivity contribution in [2.75, 3.05) is 13.1 Å². The summed E-state index contributed by atoms with van der Waals surface area (Å²) in [4.78, 5) is 26.0. The zero-order valence-electron chi connectivity index (χ0n) is 15.2. The van der Waals surface area contributed by atoms with Crippen molar-refractivity contribution in [3.05, 3.63) is 48.0 Å². The number of carbonyl (C=O) groups is 2. The molecule has 2 aromatic carbocycles. The number of nitrogens with two attached hydrogens (primary N) is 1. The molecule has 0 bridgehead atoms. The van der Waals surface area contributed by atoms with Crippen LogP contribution in [-0.4, -0.2) is 35.8 Å². The molecule has 0 aromatic heterocycles. The minimum Gasteiger partial charge on any atom is -0.346 e. The third-order valence-corrected chi connectivity index (χ3v) is 4.36. The summed E-state index contributed by atoms with van der Waals surface area (Å²) in [5.41, 5.74) is 6.86. The Labute approximate surface area is 149 Å². The molecule has 2 aromatic rings. The molecule has 0 saturated carbocycles. The Kier molecular flexibility index (Phi) is 6.53. The first-order valence-electron chi connectivity index (χ1n) is 8.71. The van der Waals surface area contributed by atoms with E-state index in [1.165, 1.54) is 5.39 Å². The summed E-state index contributed by atoms with van der Waals surface area (Å²) in [6, 6.07) is 13.7. The van der Waals surface area contributed by atoms with Crippen LogP contribution in [-0.2, 0) is 16.1 Å².